The van der Waals surface area contributed by atoms with E-state index in [4.69, 9.17) is 5.11 Å². The van der Waals surface area contributed by atoms with Gasteiger partial charge in [-0.05, 0) is 18.2 Å². The van der Waals surface area contributed by atoms with E-state index >= 15 is 0 Å². The maximum Gasteiger partial charge on any atom is 0.327 e. The Kier molecular flexibility index (Phi) is 6.28. The second-order valence-electron chi connectivity index (χ2n) is 4.08. The summed E-state index contributed by atoms with van der Waals surface area (Å²) in [5, 5.41) is 11.1. The van der Waals surface area contributed by atoms with Crippen molar-refractivity contribution in [1.29, 1.82) is 0 Å². The second-order valence-corrected chi connectivity index (χ2v) is 6.50. The van der Waals surface area contributed by atoms with Gasteiger partial charge in [-0.2, -0.15) is 0 Å². The molecule has 0 saturated heterocycles. The van der Waals surface area contributed by atoms with Crippen molar-refractivity contribution in [3.05, 3.63) is 34.1 Å². The maximum atomic E-state index is 13.5. The van der Waals surface area contributed by atoms with Gasteiger partial charge in [0.1, 0.15) is 11.9 Å². The van der Waals surface area contributed by atoms with Crippen molar-refractivity contribution < 1.29 is 23.3 Å². The molecule has 110 valence electrons. The van der Waals surface area contributed by atoms with Gasteiger partial charge >= 0.3 is 5.97 Å². The van der Waals surface area contributed by atoms with Gasteiger partial charge in [-0.25, -0.2) is 9.18 Å². The molecular formula is C12H13BrFNO4S. The first-order valence-corrected chi connectivity index (χ1v) is 7.86. The molecule has 0 aliphatic carbocycles. The van der Waals surface area contributed by atoms with Crippen molar-refractivity contribution in [2.45, 2.75) is 18.7 Å². The van der Waals surface area contributed by atoms with Crippen LogP contribution in [0.2, 0.25) is 0 Å². The number of amides is 1. The number of carbonyl (C=O) groups is 2. The Hall–Kier alpha value is -1.28. The first-order chi connectivity index (χ1) is 9.29. The molecule has 1 unspecified atom stereocenters. The van der Waals surface area contributed by atoms with E-state index in [0.29, 0.717) is 4.47 Å². The van der Waals surface area contributed by atoms with Crippen LogP contribution in [0.25, 0.3) is 0 Å². The molecule has 2 atom stereocenters. The lowest BCUT2D eigenvalue weighted by molar-refractivity contribution is -0.140. The Balaban J connectivity index is 2.72. The van der Waals surface area contributed by atoms with Crippen LogP contribution < -0.4 is 5.32 Å². The van der Waals surface area contributed by atoms with Crippen molar-refractivity contribution in [3.63, 3.8) is 0 Å². The summed E-state index contributed by atoms with van der Waals surface area (Å²) in [6.45, 7) is 1.17. The Bertz CT molecular complexity index is 552. The third-order valence-electron chi connectivity index (χ3n) is 2.35. The lowest BCUT2D eigenvalue weighted by Crippen LogP contribution is -2.43. The molecule has 0 saturated carbocycles. The van der Waals surface area contributed by atoms with Gasteiger partial charge in [0.25, 0.3) is 0 Å². The molecule has 0 aliphatic rings. The van der Waals surface area contributed by atoms with Crippen LogP contribution in [-0.4, -0.2) is 33.0 Å². The summed E-state index contributed by atoms with van der Waals surface area (Å²) >= 11 is 3.18. The van der Waals surface area contributed by atoms with Crippen LogP contribution in [-0.2, 0) is 26.1 Å². The summed E-state index contributed by atoms with van der Waals surface area (Å²) in [7, 11) is -1.61. The molecule has 1 aromatic rings. The summed E-state index contributed by atoms with van der Waals surface area (Å²) in [6, 6.07) is 2.99. The van der Waals surface area contributed by atoms with Crippen molar-refractivity contribution in [3.8, 4) is 0 Å². The summed E-state index contributed by atoms with van der Waals surface area (Å²) < 4.78 is 26.0. The van der Waals surface area contributed by atoms with E-state index in [0.717, 1.165) is 0 Å². The Labute approximate surface area is 126 Å². The highest BCUT2D eigenvalue weighted by Crippen LogP contribution is 2.17. The highest BCUT2D eigenvalue weighted by atomic mass is 79.9. The first kappa shape index (κ1) is 16.8. The van der Waals surface area contributed by atoms with Gasteiger partial charge in [-0.3, -0.25) is 9.00 Å². The molecule has 0 radical (unpaired) electrons. The molecule has 0 fully saturated rings. The van der Waals surface area contributed by atoms with Crippen LogP contribution in [0.1, 0.15) is 12.5 Å². The molecule has 0 heterocycles. The van der Waals surface area contributed by atoms with Crippen LogP contribution in [0.15, 0.2) is 22.7 Å². The van der Waals surface area contributed by atoms with Gasteiger partial charge in [-0.15, -0.1) is 0 Å². The number of nitrogens with one attached hydrogen (secondary N) is 1. The van der Waals surface area contributed by atoms with Crippen molar-refractivity contribution in [1.82, 2.24) is 5.32 Å². The fourth-order valence-electron chi connectivity index (χ4n) is 1.49. The highest BCUT2D eigenvalue weighted by molar-refractivity contribution is 9.10. The van der Waals surface area contributed by atoms with Crippen LogP contribution in [0, 0.1) is 5.82 Å². The zero-order valence-electron chi connectivity index (χ0n) is 10.6. The van der Waals surface area contributed by atoms with E-state index in [2.05, 4.69) is 21.2 Å². The number of hydrogen-bond donors (Lipinski definition) is 2. The Morgan fingerprint density at radius 1 is 1.50 bits per heavy atom. The predicted molar refractivity (Wildman–Crippen MR) is 76.1 cm³/mol. The Morgan fingerprint density at radius 2 is 2.15 bits per heavy atom. The third-order valence-corrected chi connectivity index (χ3v) is 4.18. The minimum absolute atomic E-state index is 0.116. The minimum atomic E-state index is -1.61. The zero-order chi connectivity index (χ0) is 15.3. The number of carbonyl (C=O) groups excluding carboxylic acids is 1. The molecule has 2 N–H and O–H groups in total. The van der Waals surface area contributed by atoms with Crippen molar-refractivity contribution >= 4 is 38.6 Å². The van der Waals surface area contributed by atoms with Crippen LogP contribution in [0.4, 0.5) is 4.39 Å². The SMILES string of the molecule is CC(=O)N[C@@H](CS(=O)Cc1cc(Br)ccc1F)C(=O)O. The van der Waals surface area contributed by atoms with Gasteiger partial charge in [0.15, 0.2) is 0 Å². The lowest BCUT2D eigenvalue weighted by Gasteiger charge is -2.13. The van der Waals surface area contributed by atoms with E-state index in [9.17, 15) is 18.2 Å². The number of rotatable bonds is 6. The van der Waals surface area contributed by atoms with E-state index < -0.39 is 34.5 Å². The first-order valence-electron chi connectivity index (χ1n) is 5.58. The monoisotopic (exact) mass is 365 g/mol. The van der Waals surface area contributed by atoms with Gasteiger partial charge in [0.05, 0.1) is 11.5 Å². The average Bonchev–Trinajstić information content (AvgIpc) is 2.32. The number of carboxylic acid groups (broad SMARTS) is 1. The summed E-state index contributed by atoms with van der Waals surface area (Å²) in [5.74, 6) is -2.70. The molecule has 1 amide bonds. The van der Waals surface area contributed by atoms with E-state index in [1.54, 1.807) is 0 Å². The summed E-state index contributed by atoms with van der Waals surface area (Å²) in [4.78, 5) is 21.8. The minimum Gasteiger partial charge on any atom is -0.480 e. The lowest BCUT2D eigenvalue weighted by atomic mass is 10.2. The predicted octanol–water partition coefficient (Wildman–Crippen LogP) is 1.43. The van der Waals surface area contributed by atoms with Gasteiger partial charge in [0.2, 0.25) is 5.91 Å². The van der Waals surface area contributed by atoms with Gasteiger partial charge in [-0.1, -0.05) is 15.9 Å². The Morgan fingerprint density at radius 3 is 2.70 bits per heavy atom. The molecule has 1 rings (SSSR count). The highest BCUT2D eigenvalue weighted by Gasteiger charge is 2.21. The number of hydrogen-bond acceptors (Lipinski definition) is 3. The van der Waals surface area contributed by atoms with E-state index in [1.807, 2.05) is 0 Å². The summed E-state index contributed by atoms with van der Waals surface area (Å²) in [5.41, 5.74) is 0.227. The van der Waals surface area contributed by atoms with Gasteiger partial charge in [0, 0.05) is 27.8 Å². The average molecular weight is 366 g/mol. The third kappa shape index (κ3) is 5.38. The second kappa shape index (κ2) is 7.49. The number of aliphatic carboxylic acids is 1. The van der Waals surface area contributed by atoms with Crippen LogP contribution in [0.3, 0.4) is 0 Å². The van der Waals surface area contributed by atoms with Crippen molar-refractivity contribution in [2.75, 3.05) is 5.75 Å². The number of benzene rings is 1. The molecule has 20 heavy (non-hydrogen) atoms. The smallest absolute Gasteiger partial charge is 0.327 e. The standard InChI is InChI=1S/C12H13BrFNO4S/c1-7(16)15-11(12(17)18)6-20(19)5-8-4-9(13)2-3-10(8)14/h2-4,11H,5-6H2,1H3,(H,15,16)(H,17,18)/t11-,20?/m0/s1. The van der Waals surface area contributed by atoms with Crippen LogP contribution in [0.5, 0.6) is 0 Å². The fraction of sp³-hybridized carbons (Fsp3) is 0.333. The topological polar surface area (TPSA) is 83.5 Å². The molecule has 8 heteroatoms. The normalized spacial score (nSPS) is 13.6. The molecular weight excluding hydrogens is 353 g/mol. The number of carboxylic acids is 1. The molecule has 0 spiro atoms. The quantitative estimate of drug-likeness (QED) is 0.798. The fourth-order valence-corrected chi connectivity index (χ4v) is 3.18. The maximum absolute atomic E-state index is 13.5. The molecule has 0 aromatic heterocycles. The molecule has 0 bridgehead atoms. The summed E-state index contributed by atoms with van der Waals surface area (Å²) in [6.07, 6.45) is 0. The largest absolute Gasteiger partial charge is 0.480 e. The van der Waals surface area contributed by atoms with E-state index in [1.165, 1.54) is 25.1 Å². The molecule has 1 aromatic carbocycles. The zero-order valence-corrected chi connectivity index (χ0v) is 13.0. The molecule has 0 aliphatic heterocycles. The number of halogens is 2. The van der Waals surface area contributed by atoms with Crippen molar-refractivity contribution in [2.24, 2.45) is 0 Å². The van der Waals surface area contributed by atoms with Crippen LogP contribution >= 0.6 is 15.9 Å². The van der Waals surface area contributed by atoms with E-state index in [-0.39, 0.29) is 17.1 Å². The molecule has 5 nitrogen and oxygen atoms in total. The van der Waals surface area contributed by atoms with Gasteiger partial charge < -0.3 is 10.4 Å².